The maximum absolute atomic E-state index is 12.9. The third-order valence-corrected chi connectivity index (χ3v) is 6.13. The number of nitrogens with zero attached hydrogens (tertiary/aromatic N) is 3. The number of likely N-dealkylation sites (tertiary alicyclic amines) is 1. The fourth-order valence-corrected chi connectivity index (χ4v) is 4.25. The molecule has 26 heavy (non-hydrogen) atoms. The molecule has 2 amide bonds. The number of amides is 2. The summed E-state index contributed by atoms with van der Waals surface area (Å²) in [5, 5.41) is 1.03. The van der Waals surface area contributed by atoms with Crippen molar-refractivity contribution in [1.82, 2.24) is 14.8 Å². The third-order valence-electron chi connectivity index (χ3n) is 4.89. The zero-order chi connectivity index (χ0) is 19.4. The van der Waals surface area contributed by atoms with Crippen LogP contribution >= 0.6 is 11.3 Å². The second-order valence-corrected chi connectivity index (χ2v) is 8.77. The van der Waals surface area contributed by atoms with Crippen molar-refractivity contribution in [1.29, 1.82) is 0 Å². The average Bonchev–Trinajstić information content (AvgIpc) is 2.96. The highest BCUT2D eigenvalue weighted by atomic mass is 32.1. The first-order valence-corrected chi connectivity index (χ1v) is 10.1. The van der Waals surface area contributed by atoms with E-state index in [1.54, 1.807) is 16.2 Å². The Hall–Kier alpha value is -1.63. The highest BCUT2D eigenvalue weighted by molar-refractivity contribution is 7.11. The summed E-state index contributed by atoms with van der Waals surface area (Å²) in [6.07, 6.45) is 1.11. The quantitative estimate of drug-likeness (QED) is 0.779. The van der Waals surface area contributed by atoms with Crippen LogP contribution in [0.5, 0.6) is 0 Å². The van der Waals surface area contributed by atoms with Crippen LogP contribution in [0.2, 0.25) is 0 Å². The number of piperidine rings is 1. The Bertz CT molecular complexity index is 636. The van der Waals surface area contributed by atoms with Crippen molar-refractivity contribution in [2.45, 2.75) is 53.5 Å². The van der Waals surface area contributed by atoms with Crippen molar-refractivity contribution in [3.63, 3.8) is 0 Å². The van der Waals surface area contributed by atoms with E-state index >= 15 is 0 Å². The van der Waals surface area contributed by atoms with E-state index in [0.717, 1.165) is 15.6 Å². The summed E-state index contributed by atoms with van der Waals surface area (Å²) >= 11 is 1.65. The monoisotopic (exact) mass is 381 g/mol. The molecular weight excluding hydrogens is 350 g/mol. The molecule has 1 fully saturated rings. The zero-order valence-electron chi connectivity index (χ0n) is 16.7. The van der Waals surface area contributed by atoms with Crippen molar-refractivity contribution in [3.05, 3.63) is 15.6 Å². The number of aromatic nitrogens is 1. The van der Waals surface area contributed by atoms with Gasteiger partial charge in [-0.25, -0.2) is 9.78 Å². The van der Waals surface area contributed by atoms with Crippen LogP contribution in [-0.2, 0) is 9.53 Å². The van der Waals surface area contributed by atoms with Gasteiger partial charge < -0.3 is 14.5 Å². The Morgan fingerprint density at radius 2 is 1.88 bits per heavy atom. The predicted molar refractivity (Wildman–Crippen MR) is 103 cm³/mol. The van der Waals surface area contributed by atoms with Gasteiger partial charge in [0, 0.05) is 30.9 Å². The van der Waals surface area contributed by atoms with Gasteiger partial charge in [-0.1, -0.05) is 13.8 Å². The van der Waals surface area contributed by atoms with Crippen LogP contribution in [0.25, 0.3) is 0 Å². The maximum Gasteiger partial charge on any atom is 0.409 e. The molecule has 0 unspecified atom stereocenters. The highest BCUT2D eigenvalue weighted by Crippen LogP contribution is 2.30. The molecule has 1 aromatic rings. The number of carbonyl (C=O) groups is 2. The van der Waals surface area contributed by atoms with Gasteiger partial charge in [-0.15, -0.1) is 11.3 Å². The normalized spacial score (nSPS) is 16.7. The van der Waals surface area contributed by atoms with E-state index in [0.29, 0.717) is 38.5 Å². The van der Waals surface area contributed by atoms with Crippen LogP contribution in [0, 0.1) is 25.7 Å². The van der Waals surface area contributed by atoms with Crippen molar-refractivity contribution in [3.8, 4) is 0 Å². The Morgan fingerprint density at radius 1 is 1.27 bits per heavy atom. The number of hydrogen-bond donors (Lipinski definition) is 0. The van der Waals surface area contributed by atoms with Crippen LogP contribution in [0.3, 0.4) is 0 Å². The van der Waals surface area contributed by atoms with Gasteiger partial charge in [0.2, 0.25) is 5.91 Å². The van der Waals surface area contributed by atoms with Crippen LogP contribution < -0.4 is 0 Å². The van der Waals surface area contributed by atoms with E-state index in [1.165, 1.54) is 0 Å². The maximum atomic E-state index is 12.9. The molecule has 2 heterocycles. The summed E-state index contributed by atoms with van der Waals surface area (Å²) in [7, 11) is 1.87. The molecule has 0 radical (unpaired) electrons. The molecule has 1 aromatic heterocycles. The molecule has 0 spiro atoms. The summed E-state index contributed by atoms with van der Waals surface area (Å²) in [5.74, 6) is 0.441. The van der Waals surface area contributed by atoms with Crippen molar-refractivity contribution < 1.29 is 14.3 Å². The number of thiazole rings is 1. The fourth-order valence-electron chi connectivity index (χ4n) is 3.23. The summed E-state index contributed by atoms with van der Waals surface area (Å²) in [6.45, 7) is 11.7. The fraction of sp³-hybridized carbons (Fsp3) is 0.737. The first-order chi connectivity index (χ1) is 12.2. The Morgan fingerprint density at radius 3 is 2.38 bits per heavy atom. The third kappa shape index (κ3) is 4.96. The molecule has 1 aliphatic heterocycles. The minimum Gasteiger partial charge on any atom is -0.449 e. The lowest BCUT2D eigenvalue weighted by atomic mass is 9.95. The second kappa shape index (κ2) is 8.84. The smallest absolute Gasteiger partial charge is 0.409 e. The number of carbonyl (C=O) groups excluding carboxylic acids is 2. The van der Waals surface area contributed by atoms with Crippen LogP contribution in [-0.4, -0.2) is 53.5 Å². The molecule has 0 bridgehead atoms. The molecular formula is C19H31N3O3S. The number of ether oxygens (including phenoxy) is 1. The van der Waals surface area contributed by atoms with Gasteiger partial charge in [-0.2, -0.15) is 0 Å². The molecule has 0 saturated carbocycles. The first-order valence-electron chi connectivity index (χ1n) is 9.33. The molecule has 1 atom stereocenters. The largest absolute Gasteiger partial charge is 0.449 e. The summed E-state index contributed by atoms with van der Waals surface area (Å²) in [4.78, 5) is 34.1. The molecule has 1 saturated heterocycles. The lowest BCUT2D eigenvalue weighted by Crippen LogP contribution is -2.44. The average molecular weight is 382 g/mol. The minimum atomic E-state index is -0.262. The van der Waals surface area contributed by atoms with E-state index in [1.807, 2.05) is 39.6 Å². The predicted octanol–water partition coefficient (Wildman–Crippen LogP) is 3.78. The second-order valence-electron chi connectivity index (χ2n) is 7.54. The molecule has 2 rings (SSSR count). The number of aryl methyl sites for hydroxylation is 2. The van der Waals surface area contributed by atoms with Gasteiger partial charge in [0.15, 0.2) is 0 Å². The summed E-state index contributed by atoms with van der Waals surface area (Å²) in [5.41, 5.74) is 1.00. The van der Waals surface area contributed by atoms with Gasteiger partial charge >= 0.3 is 6.09 Å². The van der Waals surface area contributed by atoms with Crippen LogP contribution in [0.4, 0.5) is 4.79 Å². The topological polar surface area (TPSA) is 62.7 Å². The molecule has 7 heteroatoms. The molecule has 0 N–H and O–H groups in total. The Labute approximate surface area is 160 Å². The summed E-state index contributed by atoms with van der Waals surface area (Å²) in [6, 6.07) is 0.0164. The lowest BCUT2D eigenvalue weighted by Gasteiger charge is -2.34. The van der Waals surface area contributed by atoms with E-state index in [9.17, 15) is 9.59 Å². The standard InChI is InChI=1S/C19H31N3O3S/c1-12(2)11-25-19(24)22-9-7-16(8-10-22)18(23)21(6)14(4)17-13(3)20-15(5)26-17/h12,14,16H,7-11H2,1-6H3/t14-/m1/s1. The van der Waals surface area contributed by atoms with E-state index in [2.05, 4.69) is 11.9 Å². The molecule has 1 aliphatic rings. The van der Waals surface area contributed by atoms with Gasteiger partial charge in [0.05, 0.1) is 23.4 Å². The van der Waals surface area contributed by atoms with Gasteiger partial charge in [-0.05, 0) is 39.5 Å². The van der Waals surface area contributed by atoms with Crippen molar-refractivity contribution >= 4 is 23.3 Å². The highest BCUT2D eigenvalue weighted by Gasteiger charge is 2.32. The van der Waals surface area contributed by atoms with Crippen molar-refractivity contribution in [2.75, 3.05) is 26.7 Å². The summed E-state index contributed by atoms with van der Waals surface area (Å²) < 4.78 is 5.28. The lowest BCUT2D eigenvalue weighted by molar-refractivity contribution is -0.137. The first kappa shape index (κ1) is 20.7. The van der Waals surface area contributed by atoms with Gasteiger partial charge in [0.1, 0.15) is 0 Å². The van der Waals surface area contributed by atoms with E-state index in [-0.39, 0.29) is 24.0 Å². The SMILES string of the molecule is Cc1nc(C)c([C@@H](C)N(C)C(=O)C2CCN(C(=O)OCC(C)C)CC2)s1. The van der Waals surface area contributed by atoms with Gasteiger partial charge in [0.25, 0.3) is 0 Å². The molecule has 6 nitrogen and oxygen atoms in total. The van der Waals surface area contributed by atoms with Crippen LogP contribution in [0.1, 0.15) is 55.2 Å². The van der Waals surface area contributed by atoms with Crippen LogP contribution in [0.15, 0.2) is 0 Å². The number of hydrogen-bond acceptors (Lipinski definition) is 5. The number of rotatable bonds is 5. The van der Waals surface area contributed by atoms with E-state index in [4.69, 9.17) is 4.74 Å². The van der Waals surface area contributed by atoms with Crippen molar-refractivity contribution in [2.24, 2.45) is 11.8 Å². The molecule has 0 aromatic carbocycles. The Balaban J connectivity index is 1.89. The molecule has 0 aliphatic carbocycles. The Kier molecular flexibility index (Phi) is 7.03. The minimum absolute atomic E-state index is 0.0164. The zero-order valence-corrected chi connectivity index (χ0v) is 17.6. The molecule has 146 valence electrons. The van der Waals surface area contributed by atoms with Gasteiger partial charge in [-0.3, -0.25) is 4.79 Å². The van der Waals surface area contributed by atoms with E-state index < -0.39 is 0 Å².